The Hall–Kier alpha value is -0.890. The molecule has 8 heteroatoms. The van der Waals surface area contributed by atoms with Gasteiger partial charge in [-0.1, -0.05) is 0 Å². The number of rotatable bonds is 2. The molecule has 0 N–H and O–H groups in total. The molecule has 4 nitrogen and oxygen atoms in total. The highest BCUT2D eigenvalue weighted by Crippen LogP contribution is 2.31. The predicted molar refractivity (Wildman–Crippen MR) is 81.8 cm³/mol. The molecule has 3 aromatic rings. The van der Waals surface area contributed by atoms with E-state index in [1.807, 2.05) is 16.8 Å². The Balaban J connectivity index is 1.96. The van der Waals surface area contributed by atoms with E-state index in [2.05, 4.69) is 37.5 Å². The first-order valence-corrected chi connectivity index (χ1v) is 8.41. The topological polar surface area (TPSA) is 62.5 Å². The normalized spacial score (nSPS) is 10.4. The first-order valence-electron chi connectivity index (χ1n) is 4.69. The highest BCUT2D eigenvalue weighted by Gasteiger charge is 2.12. The number of hydrogen-bond acceptors (Lipinski definition) is 7. The van der Waals surface area contributed by atoms with E-state index < -0.39 is 0 Å². The van der Waals surface area contributed by atoms with E-state index in [1.54, 1.807) is 28.1 Å². The molecule has 0 saturated carbocycles. The Morgan fingerprint density at radius 2 is 1.61 bits per heavy atom. The Bertz CT molecular complexity index is 736. The van der Waals surface area contributed by atoms with E-state index >= 15 is 0 Å². The van der Waals surface area contributed by atoms with E-state index in [1.165, 1.54) is 11.3 Å². The van der Waals surface area contributed by atoms with Crippen LogP contribution in [0, 0.1) is 14.3 Å². The average Bonchev–Trinajstić information content (AvgIpc) is 3.07. The van der Waals surface area contributed by atoms with Crippen LogP contribution in [0.15, 0.2) is 16.1 Å². The van der Waals surface area contributed by atoms with Crippen LogP contribution in [0.3, 0.4) is 0 Å². The number of halogens is 1. The number of nitriles is 1. The maximum atomic E-state index is 8.75. The van der Waals surface area contributed by atoms with Crippen molar-refractivity contribution < 1.29 is 0 Å². The number of aromatic nitrogens is 3. The Kier molecular flexibility index (Phi) is 3.38. The van der Waals surface area contributed by atoms with E-state index in [0.717, 1.165) is 24.4 Å². The lowest BCUT2D eigenvalue weighted by atomic mass is 10.5. The van der Waals surface area contributed by atoms with Crippen LogP contribution in [0.1, 0.15) is 5.69 Å². The minimum Gasteiger partial charge on any atom is -0.232 e. The van der Waals surface area contributed by atoms with Gasteiger partial charge in [0.2, 0.25) is 0 Å². The summed E-state index contributed by atoms with van der Waals surface area (Å²) in [5.74, 6) is 0. The molecule has 18 heavy (non-hydrogen) atoms. The van der Waals surface area contributed by atoms with Gasteiger partial charge in [0.25, 0.3) is 0 Å². The standard InChI is InChI=1S/C10H3IN4S3/c11-10-15-7(4-18-10)9-14-6(3-17-9)8-13-5(1-12)2-16-8/h2-4H. The van der Waals surface area contributed by atoms with Crippen molar-refractivity contribution in [2.75, 3.05) is 0 Å². The molecule has 0 spiro atoms. The van der Waals surface area contributed by atoms with Crippen LogP contribution in [0.2, 0.25) is 0 Å². The lowest BCUT2D eigenvalue weighted by Crippen LogP contribution is -1.80. The maximum absolute atomic E-state index is 8.75. The van der Waals surface area contributed by atoms with E-state index in [4.69, 9.17) is 5.26 Å². The largest absolute Gasteiger partial charge is 0.232 e. The van der Waals surface area contributed by atoms with E-state index in [9.17, 15) is 0 Å². The second-order valence-corrected chi connectivity index (χ2v) is 7.50. The summed E-state index contributed by atoms with van der Waals surface area (Å²) in [7, 11) is 0. The van der Waals surface area contributed by atoms with Crippen LogP contribution in [0.4, 0.5) is 0 Å². The first-order chi connectivity index (χ1) is 8.76. The molecular weight excluding hydrogens is 399 g/mol. The van der Waals surface area contributed by atoms with Gasteiger partial charge < -0.3 is 0 Å². The zero-order valence-electron chi connectivity index (χ0n) is 8.62. The molecule has 3 aromatic heterocycles. The third-order valence-electron chi connectivity index (χ3n) is 2.04. The van der Waals surface area contributed by atoms with Gasteiger partial charge in [-0.3, -0.25) is 0 Å². The van der Waals surface area contributed by atoms with Crippen LogP contribution in [0.5, 0.6) is 0 Å². The summed E-state index contributed by atoms with van der Waals surface area (Å²) >= 11 is 6.76. The predicted octanol–water partition coefficient (Wildman–Crippen LogP) is 3.87. The van der Waals surface area contributed by atoms with Gasteiger partial charge >= 0.3 is 0 Å². The first kappa shape index (κ1) is 12.2. The second-order valence-electron chi connectivity index (χ2n) is 3.17. The summed E-state index contributed by atoms with van der Waals surface area (Å²) in [4.78, 5) is 13.1. The molecule has 0 bridgehead atoms. The minimum atomic E-state index is 0.438. The molecule has 0 aliphatic carbocycles. The molecule has 0 atom stereocenters. The maximum Gasteiger partial charge on any atom is 0.154 e. The van der Waals surface area contributed by atoms with Crippen LogP contribution >= 0.6 is 56.6 Å². The molecule has 0 aromatic carbocycles. The van der Waals surface area contributed by atoms with Crippen molar-refractivity contribution in [1.82, 2.24) is 15.0 Å². The molecule has 0 saturated heterocycles. The van der Waals surface area contributed by atoms with Crippen molar-refractivity contribution in [1.29, 1.82) is 5.26 Å². The second kappa shape index (κ2) is 5.00. The van der Waals surface area contributed by atoms with E-state index in [0.29, 0.717) is 5.69 Å². The van der Waals surface area contributed by atoms with Crippen LogP contribution in [-0.4, -0.2) is 15.0 Å². The summed E-state index contributed by atoms with van der Waals surface area (Å²) in [6, 6.07) is 2.02. The zero-order chi connectivity index (χ0) is 12.5. The van der Waals surface area contributed by atoms with Crippen molar-refractivity contribution >= 4 is 56.6 Å². The highest BCUT2D eigenvalue weighted by atomic mass is 127. The molecule has 0 radical (unpaired) electrons. The average molecular weight is 402 g/mol. The van der Waals surface area contributed by atoms with Crippen molar-refractivity contribution in [2.45, 2.75) is 0 Å². The van der Waals surface area contributed by atoms with Gasteiger partial charge in [-0.2, -0.15) is 5.26 Å². The molecule has 0 amide bonds. The molecule has 0 unspecified atom stereocenters. The number of hydrogen-bond donors (Lipinski definition) is 0. The highest BCUT2D eigenvalue weighted by molar-refractivity contribution is 14.1. The summed E-state index contributed by atoms with van der Waals surface area (Å²) in [6.07, 6.45) is 0. The van der Waals surface area contributed by atoms with Gasteiger partial charge in [0.05, 0.1) is 0 Å². The lowest BCUT2D eigenvalue weighted by molar-refractivity contribution is 1.28. The fourth-order valence-electron chi connectivity index (χ4n) is 1.28. The van der Waals surface area contributed by atoms with Gasteiger partial charge in [-0.25, -0.2) is 15.0 Å². The number of nitrogens with zero attached hydrogens (tertiary/aromatic N) is 4. The quantitative estimate of drug-likeness (QED) is 0.611. The van der Waals surface area contributed by atoms with Gasteiger partial charge in [-0.15, -0.1) is 34.0 Å². The molecule has 0 aliphatic heterocycles. The van der Waals surface area contributed by atoms with Gasteiger partial charge in [0.1, 0.15) is 27.5 Å². The van der Waals surface area contributed by atoms with Crippen molar-refractivity contribution in [3.8, 4) is 27.5 Å². The van der Waals surface area contributed by atoms with E-state index in [-0.39, 0.29) is 0 Å². The lowest BCUT2D eigenvalue weighted by Gasteiger charge is -1.87. The van der Waals surface area contributed by atoms with Crippen molar-refractivity contribution in [2.24, 2.45) is 0 Å². The minimum absolute atomic E-state index is 0.438. The summed E-state index contributed by atoms with van der Waals surface area (Å²) in [5.41, 5.74) is 2.15. The SMILES string of the molecule is N#Cc1csc(-c2csc(-c3csc(I)n3)n2)n1. The molecule has 88 valence electrons. The Morgan fingerprint density at radius 3 is 2.28 bits per heavy atom. The monoisotopic (exact) mass is 402 g/mol. The Labute approximate surface area is 128 Å². The van der Waals surface area contributed by atoms with Crippen LogP contribution in [0.25, 0.3) is 21.4 Å². The van der Waals surface area contributed by atoms with Crippen LogP contribution < -0.4 is 0 Å². The van der Waals surface area contributed by atoms with Crippen molar-refractivity contribution in [3.05, 3.63) is 24.8 Å². The summed E-state index contributed by atoms with van der Waals surface area (Å²) in [5, 5.41) is 16.1. The van der Waals surface area contributed by atoms with Gasteiger partial charge in [0, 0.05) is 16.1 Å². The molecule has 3 heterocycles. The fraction of sp³-hybridized carbons (Fsp3) is 0. The third-order valence-corrected chi connectivity index (χ3v) is 5.40. The van der Waals surface area contributed by atoms with Gasteiger partial charge in [0.15, 0.2) is 8.71 Å². The molecule has 0 aliphatic rings. The Morgan fingerprint density at radius 1 is 0.944 bits per heavy atom. The molecular formula is C10H3IN4S3. The van der Waals surface area contributed by atoms with Crippen LogP contribution in [-0.2, 0) is 0 Å². The number of thiazole rings is 3. The third kappa shape index (κ3) is 2.31. The fourth-order valence-corrected chi connectivity index (χ4v) is 4.07. The smallest absolute Gasteiger partial charge is 0.154 e. The zero-order valence-corrected chi connectivity index (χ0v) is 13.2. The molecule has 3 rings (SSSR count). The summed E-state index contributed by atoms with van der Waals surface area (Å²) < 4.78 is 1.00. The summed E-state index contributed by atoms with van der Waals surface area (Å²) in [6.45, 7) is 0. The van der Waals surface area contributed by atoms with Gasteiger partial charge in [-0.05, 0) is 22.6 Å². The van der Waals surface area contributed by atoms with Crippen molar-refractivity contribution in [3.63, 3.8) is 0 Å². The molecule has 0 fully saturated rings.